The molecule has 0 spiro atoms. The molecule has 0 amide bonds. The van der Waals surface area contributed by atoms with Gasteiger partial charge in [0.2, 0.25) is 5.91 Å². The molecule has 23 heavy (non-hydrogen) atoms. The molecule has 0 radical (unpaired) electrons. The Morgan fingerprint density at radius 1 is 1.13 bits per heavy atom. The topological polar surface area (TPSA) is 91.1 Å². The van der Waals surface area contributed by atoms with Crippen LogP contribution < -0.4 is 10.3 Å². The van der Waals surface area contributed by atoms with Crippen LogP contribution >= 0.6 is 0 Å². The van der Waals surface area contributed by atoms with Crippen molar-refractivity contribution < 1.29 is 14.3 Å². The molecule has 0 bridgehead atoms. The van der Waals surface area contributed by atoms with Crippen LogP contribution in [0.2, 0.25) is 0 Å². The predicted octanol–water partition coefficient (Wildman–Crippen LogP) is 1.84. The summed E-state index contributed by atoms with van der Waals surface area (Å²) in [7, 11) is 0. The average molecular weight is 311 g/mol. The lowest BCUT2D eigenvalue weighted by atomic mass is 10.1. The van der Waals surface area contributed by atoms with Gasteiger partial charge in [-0.05, 0) is 13.0 Å². The Labute approximate surface area is 130 Å². The Morgan fingerprint density at radius 2 is 1.83 bits per heavy atom. The molecule has 0 saturated carbocycles. The fraction of sp³-hybridized carbons (Fsp3) is 0.188. The number of esters is 1. The second kappa shape index (κ2) is 5.28. The van der Waals surface area contributed by atoms with E-state index >= 15 is 0 Å². The van der Waals surface area contributed by atoms with Crippen molar-refractivity contribution in [3.05, 3.63) is 40.3 Å². The van der Waals surface area contributed by atoms with Crippen LogP contribution in [0.5, 0.6) is 5.88 Å². The quantitative estimate of drug-likeness (QED) is 0.503. The minimum Gasteiger partial charge on any atom is -0.405 e. The molecule has 0 aliphatic heterocycles. The summed E-state index contributed by atoms with van der Waals surface area (Å²) < 4.78 is 5.80. The largest absolute Gasteiger partial charge is 0.405 e. The molecule has 2 aromatic heterocycles. The molecular formula is C16H13N3O4. The molecule has 116 valence electrons. The van der Waals surface area contributed by atoms with Gasteiger partial charge in [-0.15, -0.1) is 5.10 Å². The number of aryl methyl sites for hydroxylation is 1. The van der Waals surface area contributed by atoms with E-state index in [0.29, 0.717) is 26.7 Å². The van der Waals surface area contributed by atoms with Crippen molar-refractivity contribution in [2.75, 3.05) is 0 Å². The van der Waals surface area contributed by atoms with E-state index in [1.54, 1.807) is 31.2 Å². The predicted molar refractivity (Wildman–Crippen MR) is 83.7 cm³/mol. The second-order valence-electron chi connectivity index (χ2n) is 5.10. The molecule has 2 heterocycles. The lowest BCUT2D eigenvalue weighted by molar-refractivity contribution is -0.132. The Balaban J connectivity index is 2.61. The Hall–Kier alpha value is -3.09. The van der Waals surface area contributed by atoms with Crippen LogP contribution in [0.4, 0.5) is 0 Å². The lowest BCUT2D eigenvalue weighted by Gasteiger charge is -2.11. The van der Waals surface area contributed by atoms with Gasteiger partial charge < -0.3 is 4.74 Å². The number of rotatable bonds is 1. The first kappa shape index (κ1) is 14.8. The van der Waals surface area contributed by atoms with Crippen LogP contribution in [0.15, 0.2) is 29.1 Å². The number of pyridine rings is 1. The summed E-state index contributed by atoms with van der Waals surface area (Å²) in [5.74, 6) is -1.26. The maximum atomic E-state index is 12.7. The highest BCUT2D eigenvalue weighted by atomic mass is 16.5. The van der Waals surface area contributed by atoms with Crippen LogP contribution in [-0.4, -0.2) is 26.6 Å². The minimum atomic E-state index is -0.597. The number of aromatic nitrogens is 3. The second-order valence-corrected chi connectivity index (χ2v) is 5.10. The number of carbonyl (C=O) groups is 2. The number of hydrogen-bond donors (Lipinski definition) is 0. The number of benzene rings is 1. The monoisotopic (exact) mass is 311 g/mol. The van der Waals surface area contributed by atoms with E-state index in [9.17, 15) is 14.4 Å². The number of hydrogen-bond acceptors (Lipinski definition) is 6. The van der Waals surface area contributed by atoms with Crippen LogP contribution in [-0.2, 0) is 4.79 Å². The van der Waals surface area contributed by atoms with Gasteiger partial charge >= 0.3 is 5.97 Å². The normalized spacial score (nSPS) is 10.9. The molecule has 0 N–H and O–H groups in total. The van der Waals surface area contributed by atoms with Crippen molar-refractivity contribution >= 4 is 33.6 Å². The zero-order valence-corrected chi connectivity index (χ0v) is 12.8. The molecule has 0 fully saturated rings. The maximum Gasteiger partial charge on any atom is 0.309 e. The molecule has 3 rings (SSSR count). The molecule has 7 nitrogen and oxygen atoms in total. The molecule has 0 aliphatic rings. The summed E-state index contributed by atoms with van der Waals surface area (Å²) >= 11 is 0. The number of fused-ring (bicyclic) bond motifs is 3. The average Bonchev–Trinajstić information content (AvgIpc) is 2.48. The first-order valence-electron chi connectivity index (χ1n) is 6.92. The smallest absolute Gasteiger partial charge is 0.309 e. The zero-order valence-electron chi connectivity index (χ0n) is 12.8. The maximum absolute atomic E-state index is 12.7. The third kappa shape index (κ3) is 2.36. The van der Waals surface area contributed by atoms with Gasteiger partial charge in [0.25, 0.3) is 11.4 Å². The molecule has 3 aromatic rings. The first-order valence-corrected chi connectivity index (χ1v) is 6.92. The Morgan fingerprint density at radius 3 is 2.48 bits per heavy atom. The molecule has 7 heteroatoms. The number of carbonyl (C=O) groups excluding carboxylic acids is 2. The van der Waals surface area contributed by atoms with E-state index in [1.807, 2.05) is 0 Å². The highest BCUT2D eigenvalue weighted by Crippen LogP contribution is 2.29. The molecule has 1 aromatic carbocycles. The summed E-state index contributed by atoms with van der Waals surface area (Å²) in [6, 6.07) is 7.07. The van der Waals surface area contributed by atoms with E-state index in [4.69, 9.17) is 4.74 Å². The van der Waals surface area contributed by atoms with E-state index < -0.39 is 17.4 Å². The highest BCUT2D eigenvalue weighted by Gasteiger charge is 2.20. The van der Waals surface area contributed by atoms with Gasteiger partial charge in [0.1, 0.15) is 0 Å². The van der Waals surface area contributed by atoms with Crippen molar-refractivity contribution in [1.82, 2.24) is 14.8 Å². The van der Waals surface area contributed by atoms with E-state index in [0.717, 1.165) is 0 Å². The van der Waals surface area contributed by atoms with Crippen molar-refractivity contribution in [3.8, 4) is 5.88 Å². The number of para-hydroxylation sites is 1. The van der Waals surface area contributed by atoms with Gasteiger partial charge in [-0.25, -0.2) is 0 Å². The molecule has 0 atom stereocenters. The Kier molecular flexibility index (Phi) is 3.40. The van der Waals surface area contributed by atoms with E-state index in [1.165, 1.54) is 13.8 Å². The fourth-order valence-corrected chi connectivity index (χ4v) is 2.53. The first-order chi connectivity index (χ1) is 10.9. The van der Waals surface area contributed by atoms with Crippen molar-refractivity contribution in [2.24, 2.45) is 0 Å². The highest BCUT2D eigenvalue weighted by molar-refractivity contribution is 6.08. The lowest BCUT2D eigenvalue weighted by Crippen LogP contribution is -2.29. The van der Waals surface area contributed by atoms with Gasteiger partial charge in [0.15, 0.2) is 0 Å². The van der Waals surface area contributed by atoms with Crippen LogP contribution in [0.1, 0.15) is 24.3 Å². The van der Waals surface area contributed by atoms with Crippen LogP contribution in [0, 0.1) is 6.92 Å². The molecule has 0 aliphatic carbocycles. The Bertz CT molecular complexity index is 1040. The zero-order chi connectivity index (χ0) is 16.7. The molecular weight excluding hydrogens is 298 g/mol. The van der Waals surface area contributed by atoms with Crippen molar-refractivity contribution in [1.29, 1.82) is 0 Å². The van der Waals surface area contributed by atoms with Gasteiger partial charge in [0.05, 0.1) is 22.0 Å². The van der Waals surface area contributed by atoms with Crippen molar-refractivity contribution in [3.63, 3.8) is 0 Å². The third-order valence-electron chi connectivity index (χ3n) is 3.42. The molecule has 0 unspecified atom stereocenters. The van der Waals surface area contributed by atoms with Crippen LogP contribution in [0.25, 0.3) is 21.7 Å². The third-order valence-corrected chi connectivity index (χ3v) is 3.42. The number of ether oxygens (including phenoxy) is 1. The summed E-state index contributed by atoms with van der Waals surface area (Å²) in [4.78, 5) is 40.2. The van der Waals surface area contributed by atoms with Crippen LogP contribution in [0.3, 0.4) is 0 Å². The van der Waals surface area contributed by atoms with Gasteiger partial charge in [-0.1, -0.05) is 18.2 Å². The number of nitrogens with zero attached hydrogens (tertiary/aromatic N) is 3. The minimum absolute atomic E-state index is 0.0990. The van der Waals surface area contributed by atoms with Gasteiger partial charge in [0, 0.05) is 19.2 Å². The van der Waals surface area contributed by atoms with Gasteiger partial charge in [-0.2, -0.15) is 4.68 Å². The van der Waals surface area contributed by atoms with E-state index in [-0.39, 0.29) is 11.3 Å². The molecule has 0 saturated heterocycles. The SMILES string of the molecule is CC(=O)Oc1nn(C(C)=O)c(=O)c2c1c(C)nc1ccccc12. The summed E-state index contributed by atoms with van der Waals surface area (Å²) in [6.45, 7) is 4.13. The van der Waals surface area contributed by atoms with E-state index in [2.05, 4.69) is 10.1 Å². The van der Waals surface area contributed by atoms with Gasteiger partial charge in [-0.3, -0.25) is 19.4 Å². The standard InChI is InChI=1S/C16H13N3O4/c1-8-13-14(11-6-4-5-7-12(11)17-8)16(22)19(9(2)20)18-15(13)23-10(3)21/h4-7H,1-3H3. The van der Waals surface area contributed by atoms with Crippen molar-refractivity contribution in [2.45, 2.75) is 20.8 Å². The fourth-order valence-electron chi connectivity index (χ4n) is 2.53. The summed E-state index contributed by atoms with van der Waals surface area (Å²) in [5, 5.41) is 5.05. The summed E-state index contributed by atoms with van der Waals surface area (Å²) in [6.07, 6.45) is 0. The summed E-state index contributed by atoms with van der Waals surface area (Å²) in [5.41, 5.74) is 0.546.